The summed E-state index contributed by atoms with van der Waals surface area (Å²) in [5, 5.41) is 8.66. The van der Waals surface area contributed by atoms with Crippen molar-refractivity contribution in [3.8, 4) is 0 Å². The van der Waals surface area contributed by atoms with E-state index in [1.54, 1.807) is 0 Å². The van der Waals surface area contributed by atoms with Gasteiger partial charge in [-0.25, -0.2) is 0 Å². The van der Waals surface area contributed by atoms with Gasteiger partial charge in [-0.05, 0) is 25.8 Å². The van der Waals surface area contributed by atoms with E-state index in [9.17, 15) is 4.79 Å². The second-order valence-corrected chi connectivity index (χ2v) is 3.97. The van der Waals surface area contributed by atoms with Crippen molar-refractivity contribution in [2.75, 3.05) is 26.3 Å². The molecule has 15 heavy (non-hydrogen) atoms. The summed E-state index contributed by atoms with van der Waals surface area (Å²) in [6, 6.07) is 0.511. The molecule has 4 nitrogen and oxygen atoms in total. The maximum absolute atomic E-state index is 10.5. The SMILES string of the molecule is CCN(CCC(=O)O)C1CCCOCC1. The molecule has 0 bridgehead atoms. The van der Waals surface area contributed by atoms with Gasteiger partial charge in [0.15, 0.2) is 0 Å². The van der Waals surface area contributed by atoms with E-state index in [1.807, 2.05) is 0 Å². The van der Waals surface area contributed by atoms with Crippen LogP contribution in [0.1, 0.15) is 32.6 Å². The summed E-state index contributed by atoms with van der Waals surface area (Å²) in [6.07, 6.45) is 3.50. The highest BCUT2D eigenvalue weighted by atomic mass is 16.5. The molecule has 1 aliphatic heterocycles. The zero-order valence-corrected chi connectivity index (χ0v) is 9.45. The van der Waals surface area contributed by atoms with E-state index >= 15 is 0 Å². The van der Waals surface area contributed by atoms with Crippen molar-refractivity contribution in [2.24, 2.45) is 0 Å². The first-order chi connectivity index (χ1) is 7.24. The van der Waals surface area contributed by atoms with Crippen molar-refractivity contribution in [1.29, 1.82) is 0 Å². The van der Waals surface area contributed by atoms with Gasteiger partial charge in [0.05, 0.1) is 6.42 Å². The van der Waals surface area contributed by atoms with Gasteiger partial charge in [-0.2, -0.15) is 0 Å². The van der Waals surface area contributed by atoms with Crippen molar-refractivity contribution < 1.29 is 14.6 Å². The summed E-state index contributed by atoms with van der Waals surface area (Å²) < 4.78 is 5.40. The van der Waals surface area contributed by atoms with Gasteiger partial charge in [-0.15, -0.1) is 0 Å². The van der Waals surface area contributed by atoms with Crippen LogP contribution in [-0.4, -0.2) is 48.3 Å². The van der Waals surface area contributed by atoms with E-state index < -0.39 is 5.97 Å². The minimum Gasteiger partial charge on any atom is -0.481 e. The van der Waals surface area contributed by atoms with Gasteiger partial charge in [-0.1, -0.05) is 6.92 Å². The number of carbonyl (C=O) groups is 1. The molecule has 0 aromatic heterocycles. The molecule has 88 valence electrons. The lowest BCUT2D eigenvalue weighted by Gasteiger charge is -2.28. The molecule has 0 aromatic carbocycles. The first-order valence-electron chi connectivity index (χ1n) is 5.77. The fourth-order valence-corrected chi connectivity index (χ4v) is 2.09. The molecular weight excluding hydrogens is 194 g/mol. The summed E-state index contributed by atoms with van der Waals surface area (Å²) in [5.74, 6) is -0.710. The number of hydrogen-bond acceptors (Lipinski definition) is 3. The van der Waals surface area contributed by atoms with E-state index in [0.717, 1.165) is 39.0 Å². The third-order valence-corrected chi connectivity index (χ3v) is 2.96. The van der Waals surface area contributed by atoms with E-state index in [0.29, 0.717) is 12.6 Å². The molecule has 0 aromatic rings. The van der Waals surface area contributed by atoms with Crippen molar-refractivity contribution in [2.45, 2.75) is 38.6 Å². The van der Waals surface area contributed by atoms with Crippen molar-refractivity contribution in [3.63, 3.8) is 0 Å². The second-order valence-electron chi connectivity index (χ2n) is 3.97. The predicted molar refractivity (Wildman–Crippen MR) is 58.0 cm³/mol. The predicted octanol–water partition coefficient (Wildman–Crippen LogP) is 1.35. The molecule has 1 rings (SSSR count). The highest BCUT2D eigenvalue weighted by Crippen LogP contribution is 2.15. The number of nitrogens with zero attached hydrogens (tertiary/aromatic N) is 1. The number of rotatable bonds is 5. The lowest BCUT2D eigenvalue weighted by molar-refractivity contribution is -0.137. The van der Waals surface area contributed by atoms with Crippen LogP contribution in [0.4, 0.5) is 0 Å². The largest absolute Gasteiger partial charge is 0.481 e. The molecule has 1 aliphatic rings. The van der Waals surface area contributed by atoms with Crippen LogP contribution >= 0.6 is 0 Å². The number of carboxylic acids is 1. The van der Waals surface area contributed by atoms with Crippen molar-refractivity contribution in [3.05, 3.63) is 0 Å². The Morgan fingerprint density at radius 3 is 2.93 bits per heavy atom. The topological polar surface area (TPSA) is 49.8 Å². The standard InChI is InChI=1S/C11H21NO3/c1-2-12(7-5-11(13)14)10-4-3-8-15-9-6-10/h10H,2-9H2,1H3,(H,13,14). The van der Waals surface area contributed by atoms with E-state index in [-0.39, 0.29) is 6.42 Å². The number of aliphatic carboxylic acids is 1. The van der Waals surface area contributed by atoms with Crippen molar-refractivity contribution >= 4 is 5.97 Å². The number of hydrogen-bond donors (Lipinski definition) is 1. The lowest BCUT2D eigenvalue weighted by Crippen LogP contribution is -2.37. The smallest absolute Gasteiger partial charge is 0.304 e. The third-order valence-electron chi connectivity index (χ3n) is 2.96. The Bertz CT molecular complexity index is 188. The minimum absolute atomic E-state index is 0.241. The van der Waals surface area contributed by atoms with Crippen LogP contribution in [0.15, 0.2) is 0 Å². The second kappa shape index (κ2) is 6.80. The fourth-order valence-electron chi connectivity index (χ4n) is 2.09. The third kappa shape index (κ3) is 4.62. The number of ether oxygens (including phenoxy) is 1. The molecule has 1 N–H and O–H groups in total. The molecule has 1 saturated heterocycles. The maximum Gasteiger partial charge on any atom is 0.304 e. The molecule has 4 heteroatoms. The molecule has 1 heterocycles. The summed E-state index contributed by atoms with van der Waals surface area (Å²) in [5.41, 5.74) is 0. The Kier molecular flexibility index (Phi) is 5.65. The van der Waals surface area contributed by atoms with E-state index in [4.69, 9.17) is 9.84 Å². The maximum atomic E-state index is 10.5. The minimum atomic E-state index is -0.710. The van der Waals surface area contributed by atoms with Gasteiger partial charge in [0.2, 0.25) is 0 Å². The Morgan fingerprint density at radius 2 is 2.27 bits per heavy atom. The van der Waals surface area contributed by atoms with Crippen LogP contribution in [0.3, 0.4) is 0 Å². The highest BCUT2D eigenvalue weighted by Gasteiger charge is 2.19. The normalized spacial score (nSPS) is 22.7. The van der Waals surface area contributed by atoms with Gasteiger partial charge < -0.3 is 9.84 Å². The molecule has 1 atom stereocenters. The van der Waals surface area contributed by atoms with Crippen LogP contribution < -0.4 is 0 Å². The van der Waals surface area contributed by atoms with Gasteiger partial charge >= 0.3 is 5.97 Å². The molecule has 0 saturated carbocycles. The highest BCUT2D eigenvalue weighted by molar-refractivity contribution is 5.66. The Morgan fingerprint density at radius 1 is 1.47 bits per heavy atom. The molecule has 0 radical (unpaired) electrons. The summed E-state index contributed by atoms with van der Waals surface area (Å²) in [6.45, 7) is 5.35. The van der Waals surface area contributed by atoms with E-state index in [1.165, 1.54) is 0 Å². The first-order valence-corrected chi connectivity index (χ1v) is 5.77. The Balaban J connectivity index is 2.37. The molecule has 0 spiro atoms. The summed E-state index contributed by atoms with van der Waals surface area (Å²) in [7, 11) is 0. The molecule has 0 aliphatic carbocycles. The zero-order valence-electron chi connectivity index (χ0n) is 9.45. The molecule has 1 fully saturated rings. The van der Waals surface area contributed by atoms with Gasteiger partial charge in [0.1, 0.15) is 0 Å². The van der Waals surface area contributed by atoms with Crippen molar-refractivity contribution in [1.82, 2.24) is 4.90 Å². The summed E-state index contributed by atoms with van der Waals surface area (Å²) >= 11 is 0. The molecular formula is C11H21NO3. The van der Waals surface area contributed by atoms with Gasteiger partial charge in [0, 0.05) is 25.8 Å². The average Bonchev–Trinajstić information content (AvgIpc) is 2.47. The molecule has 1 unspecified atom stereocenters. The number of carboxylic acid groups (broad SMARTS) is 1. The lowest BCUT2D eigenvalue weighted by atomic mass is 10.1. The Labute approximate surface area is 91.2 Å². The Hall–Kier alpha value is -0.610. The quantitative estimate of drug-likeness (QED) is 0.752. The monoisotopic (exact) mass is 215 g/mol. The van der Waals surface area contributed by atoms with Crippen LogP contribution in [0, 0.1) is 0 Å². The van der Waals surface area contributed by atoms with Crippen LogP contribution in [0.5, 0.6) is 0 Å². The zero-order chi connectivity index (χ0) is 11.1. The van der Waals surface area contributed by atoms with E-state index in [2.05, 4.69) is 11.8 Å². The van der Waals surface area contributed by atoms with Crippen LogP contribution in [0.25, 0.3) is 0 Å². The van der Waals surface area contributed by atoms with Crippen LogP contribution in [-0.2, 0) is 9.53 Å². The molecule has 0 amide bonds. The summed E-state index contributed by atoms with van der Waals surface area (Å²) in [4.78, 5) is 12.8. The fraction of sp³-hybridized carbons (Fsp3) is 0.909. The van der Waals surface area contributed by atoms with Gasteiger partial charge in [-0.3, -0.25) is 9.69 Å². The van der Waals surface area contributed by atoms with Crippen LogP contribution in [0.2, 0.25) is 0 Å². The average molecular weight is 215 g/mol. The first kappa shape index (κ1) is 12.5. The van der Waals surface area contributed by atoms with Gasteiger partial charge in [0.25, 0.3) is 0 Å².